The van der Waals surface area contributed by atoms with E-state index in [0.717, 1.165) is 17.0 Å². The average Bonchev–Trinajstić information content (AvgIpc) is 2.61. The zero-order chi connectivity index (χ0) is 14.9. The van der Waals surface area contributed by atoms with Crippen molar-refractivity contribution in [3.63, 3.8) is 0 Å². The van der Waals surface area contributed by atoms with Gasteiger partial charge in [-0.1, -0.05) is 6.07 Å². The smallest absolute Gasteiger partial charge is 0.228 e. The van der Waals surface area contributed by atoms with Gasteiger partial charge in [0.05, 0.1) is 12.1 Å². The molecule has 0 radical (unpaired) electrons. The van der Waals surface area contributed by atoms with Gasteiger partial charge in [0, 0.05) is 24.0 Å². The average molecular weight is 275 g/mol. The van der Waals surface area contributed by atoms with E-state index in [4.69, 9.17) is 0 Å². The molecule has 1 N–H and O–H groups in total. The molecule has 1 amide bonds. The van der Waals surface area contributed by atoms with E-state index < -0.39 is 0 Å². The molecule has 0 bridgehead atoms. The summed E-state index contributed by atoms with van der Waals surface area (Å²) in [6, 6.07) is 4.67. The number of hydrogen-bond acceptors (Lipinski definition) is 2. The third-order valence-electron chi connectivity index (χ3n) is 3.45. The van der Waals surface area contributed by atoms with E-state index >= 15 is 0 Å². The molecule has 0 aliphatic heterocycles. The van der Waals surface area contributed by atoms with Crippen molar-refractivity contribution in [1.29, 1.82) is 0 Å². The predicted molar refractivity (Wildman–Crippen MR) is 76.2 cm³/mol. The highest BCUT2D eigenvalue weighted by atomic mass is 19.1. The first-order valence-corrected chi connectivity index (χ1v) is 6.43. The molecule has 0 saturated heterocycles. The first-order valence-electron chi connectivity index (χ1n) is 6.43. The van der Waals surface area contributed by atoms with E-state index in [1.165, 1.54) is 6.07 Å². The number of nitrogens with zero attached hydrogens (tertiary/aromatic N) is 2. The van der Waals surface area contributed by atoms with Gasteiger partial charge in [-0.3, -0.25) is 9.48 Å². The van der Waals surface area contributed by atoms with Crippen LogP contribution in [0.1, 0.15) is 22.5 Å². The number of nitrogens with one attached hydrogen (secondary N) is 1. The SMILES string of the molecule is Cc1ccc(NC(=O)Cc2c(C)nn(C)c2C)cc1F. The van der Waals surface area contributed by atoms with Gasteiger partial charge in [0.1, 0.15) is 5.82 Å². The van der Waals surface area contributed by atoms with Crippen LogP contribution in [0.3, 0.4) is 0 Å². The maximum atomic E-state index is 13.4. The van der Waals surface area contributed by atoms with Crippen molar-refractivity contribution in [2.45, 2.75) is 27.2 Å². The summed E-state index contributed by atoms with van der Waals surface area (Å²) in [5.74, 6) is -0.496. The van der Waals surface area contributed by atoms with Crippen LogP contribution in [0.2, 0.25) is 0 Å². The number of amides is 1. The number of benzene rings is 1. The van der Waals surface area contributed by atoms with E-state index in [9.17, 15) is 9.18 Å². The van der Waals surface area contributed by atoms with Gasteiger partial charge < -0.3 is 5.32 Å². The van der Waals surface area contributed by atoms with Crippen LogP contribution in [0.25, 0.3) is 0 Å². The van der Waals surface area contributed by atoms with E-state index in [2.05, 4.69) is 10.4 Å². The van der Waals surface area contributed by atoms with Crippen molar-refractivity contribution in [2.75, 3.05) is 5.32 Å². The molecular weight excluding hydrogens is 257 g/mol. The second-order valence-electron chi connectivity index (χ2n) is 4.96. The second kappa shape index (κ2) is 5.45. The third-order valence-corrected chi connectivity index (χ3v) is 3.45. The molecule has 0 unspecified atom stereocenters. The molecular formula is C15H18FN3O. The normalized spacial score (nSPS) is 10.7. The molecule has 0 saturated carbocycles. The predicted octanol–water partition coefficient (Wildman–Crippen LogP) is 2.67. The lowest BCUT2D eigenvalue weighted by Gasteiger charge is -2.07. The van der Waals surface area contributed by atoms with Crippen molar-refractivity contribution in [2.24, 2.45) is 7.05 Å². The summed E-state index contributed by atoms with van der Waals surface area (Å²) in [5.41, 5.74) is 3.75. The van der Waals surface area contributed by atoms with Crippen molar-refractivity contribution in [1.82, 2.24) is 9.78 Å². The highest BCUT2D eigenvalue weighted by Crippen LogP contribution is 2.16. The molecule has 0 spiro atoms. The van der Waals surface area contributed by atoms with Crippen LogP contribution in [0.15, 0.2) is 18.2 Å². The molecule has 0 fully saturated rings. The molecule has 1 aromatic heterocycles. The highest BCUT2D eigenvalue weighted by Gasteiger charge is 2.13. The minimum Gasteiger partial charge on any atom is -0.326 e. The molecule has 5 heteroatoms. The summed E-state index contributed by atoms with van der Waals surface area (Å²) in [6.07, 6.45) is 0.237. The summed E-state index contributed by atoms with van der Waals surface area (Å²) in [4.78, 5) is 12.0. The lowest BCUT2D eigenvalue weighted by molar-refractivity contribution is -0.115. The van der Waals surface area contributed by atoms with Crippen LogP contribution in [-0.2, 0) is 18.3 Å². The van der Waals surface area contributed by atoms with E-state index in [1.807, 2.05) is 20.9 Å². The van der Waals surface area contributed by atoms with Crippen molar-refractivity contribution in [3.8, 4) is 0 Å². The zero-order valence-electron chi connectivity index (χ0n) is 12.1. The number of carbonyl (C=O) groups excluding carboxylic acids is 1. The molecule has 20 heavy (non-hydrogen) atoms. The van der Waals surface area contributed by atoms with Crippen LogP contribution in [0, 0.1) is 26.6 Å². The maximum absolute atomic E-state index is 13.4. The van der Waals surface area contributed by atoms with Crippen LogP contribution in [0.4, 0.5) is 10.1 Å². The Labute approximate surface area is 117 Å². The molecule has 106 valence electrons. The Balaban J connectivity index is 2.11. The minimum atomic E-state index is -0.323. The quantitative estimate of drug-likeness (QED) is 0.936. The fraction of sp³-hybridized carbons (Fsp3) is 0.333. The van der Waals surface area contributed by atoms with Crippen LogP contribution in [0.5, 0.6) is 0 Å². The Morgan fingerprint density at radius 1 is 1.35 bits per heavy atom. The van der Waals surface area contributed by atoms with Gasteiger partial charge in [0.25, 0.3) is 0 Å². The lowest BCUT2D eigenvalue weighted by atomic mass is 10.1. The van der Waals surface area contributed by atoms with Crippen LogP contribution < -0.4 is 5.32 Å². The highest BCUT2D eigenvalue weighted by molar-refractivity contribution is 5.92. The molecule has 2 aromatic rings. The van der Waals surface area contributed by atoms with Gasteiger partial charge in [-0.25, -0.2) is 4.39 Å². The molecule has 2 rings (SSSR count). The summed E-state index contributed by atoms with van der Waals surface area (Å²) < 4.78 is 15.2. The fourth-order valence-corrected chi connectivity index (χ4v) is 2.11. The topological polar surface area (TPSA) is 46.9 Å². The fourth-order valence-electron chi connectivity index (χ4n) is 2.11. The Bertz CT molecular complexity index is 661. The zero-order valence-corrected chi connectivity index (χ0v) is 12.1. The standard InChI is InChI=1S/C15H18FN3O/c1-9-5-6-12(7-14(9)16)17-15(20)8-13-10(2)18-19(4)11(13)3/h5-7H,8H2,1-4H3,(H,17,20). The van der Waals surface area contributed by atoms with Gasteiger partial charge in [0.2, 0.25) is 5.91 Å². The van der Waals surface area contributed by atoms with Crippen molar-refractivity contribution < 1.29 is 9.18 Å². The molecule has 4 nitrogen and oxygen atoms in total. The Morgan fingerprint density at radius 2 is 2.05 bits per heavy atom. The lowest BCUT2D eigenvalue weighted by Crippen LogP contribution is -2.15. The van der Waals surface area contributed by atoms with Gasteiger partial charge >= 0.3 is 0 Å². The summed E-state index contributed by atoms with van der Waals surface area (Å²) >= 11 is 0. The van der Waals surface area contributed by atoms with Gasteiger partial charge in [-0.2, -0.15) is 5.10 Å². The number of aromatic nitrogens is 2. The first-order chi connectivity index (χ1) is 9.38. The Kier molecular flexibility index (Phi) is 3.88. The van der Waals surface area contributed by atoms with Crippen molar-refractivity contribution >= 4 is 11.6 Å². The van der Waals surface area contributed by atoms with E-state index in [1.54, 1.807) is 23.7 Å². The summed E-state index contributed by atoms with van der Waals surface area (Å²) in [7, 11) is 1.85. The number of aryl methyl sites for hydroxylation is 3. The number of anilines is 1. The van der Waals surface area contributed by atoms with E-state index in [0.29, 0.717) is 11.3 Å². The molecule has 1 heterocycles. The molecule has 1 aromatic carbocycles. The third kappa shape index (κ3) is 2.87. The van der Waals surface area contributed by atoms with Crippen LogP contribution in [-0.4, -0.2) is 15.7 Å². The number of rotatable bonds is 3. The summed E-state index contributed by atoms with van der Waals surface area (Å²) in [5, 5.41) is 6.98. The monoisotopic (exact) mass is 275 g/mol. The summed E-state index contributed by atoms with van der Waals surface area (Å²) in [6.45, 7) is 5.48. The molecule has 0 aliphatic carbocycles. The molecule has 0 aliphatic rings. The Morgan fingerprint density at radius 3 is 2.60 bits per heavy atom. The molecule has 0 atom stereocenters. The largest absolute Gasteiger partial charge is 0.326 e. The maximum Gasteiger partial charge on any atom is 0.228 e. The van der Waals surface area contributed by atoms with Crippen molar-refractivity contribution in [3.05, 3.63) is 46.5 Å². The first kappa shape index (κ1) is 14.2. The second-order valence-corrected chi connectivity index (χ2v) is 4.96. The Hall–Kier alpha value is -2.17. The van der Waals surface area contributed by atoms with E-state index in [-0.39, 0.29) is 18.1 Å². The number of hydrogen-bond donors (Lipinski definition) is 1. The minimum absolute atomic E-state index is 0.174. The van der Waals surface area contributed by atoms with Crippen LogP contribution >= 0.6 is 0 Å². The van der Waals surface area contributed by atoms with Gasteiger partial charge in [0.15, 0.2) is 0 Å². The van der Waals surface area contributed by atoms with Gasteiger partial charge in [-0.15, -0.1) is 0 Å². The van der Waals surface area contributed by atoms with Gasteiger partial charge in [-0.05, 0) is 38.5 Å². The number of halogens is 1. The number of carbonyl (C=O) groups is 1.